The molecule has 1 aromatic carbocycles. The van der Waals surface area contributed by atoms with Crippen molar-refractivity contribution in [3.8, 4) is 0 Å². The number of hydrogen-bond donors (Lipinski definition) is 2. The molecule has 1 amide bonds. The minimum atomic E-state index is -0.507. The monoisotopic (exact) mass is 327 g/mol. The molecule has 0 bridgehead atoms. The van der Waals surface area contributed by atoms with E-state index in [-0.39, 0.29) is 12.5 Å². The first-order valence-electron chi connectivity index (χ1n) is 7.26. The average Bonchev–Trinajstić information content (AvgIpc) is 2.47. The number of carbonyl (C=O) groups is 1. The molecule has 1 fully saturated rings. The van der Waals surface area contributed by atoms with Gasteiger partial charge in [0.25, 0.3) is 5.91 Å². The molecule has 0 saturated heterocycles. The molecule has 2 rings (SSSR count). The van der Waals surface area contributed by atoms with Gasteiger partial charge in [0.15, 0.2) is 0 Å². The minimum absolute atomic E-state index is 0.0249. The summed E-state index contributed by atoms with van der Waals surface area (Å²) in [5, 5.41) is 13.3. The number of halogens is 1. The second-order valence-corrected chi connectivity index (χ2v) is 7.23. The number of aliphatic hydroxyl groups excluding tert-OH is 1. The van der Waals surface area contributed by atoms with E-state index in [1.165, 1.54) is 0 Å². The highest BCUT2D eigenvalue weighted by Gasteiger charge is 2.36. The van der Waals surface area contributed by atoms with Crippen LogP contribution in [0.2, 0.25) is 5.02 Å². The highest BCUT2D eigenvalue weighted by atomic mass is 35.5. The molecule has 2 N–H and O–H groups in total. The molecule has 3 nitrogen and oxygen atoms in total. The van der Waals surface area contributed by atoms with Crippen molar-refractivity contribution in [3.63, 3.8) is 0 Å². The van der Waals surface area contributed by atoms with Gasteiger partial charge in [-0.05, 0) is 43.2 Å². The Hall–Kier alpha value is -0.710. The van der Waals surface area contributed by atoms with Crippen LogP contribution in [-0.2, 0) is 0 Å². The van der Waals surface area contributed by atoms with Crippen molar-refractivity contribution >= 4 is 29.3 Å². The third-order valence-corrected chi connectivity index (χ3v) is 5.25. The number of thioether (sulfide) groups is 1. The summed E-state index contributed by atoms with van der Waals surface area (Å²) in [7, 11) is 0. The van der Waals surface area contributed by atoms with E-state index in [4.69, 9.17) is 11.6 Å². The highest BCUT2D eigenvalue weighted by Crippen LogP contribution is 2.33. The van der Waals surface area contributed by atoms with Crippen molar-refractivity contribution in [2.75, 3.05) is 12.9 Å². The first kappa shape index (κ1) is 16.7. The second-order valence-electron chi connectivity index (χ2n) is 5.94. The molecule has 0 radical (unpaired) electrons. The predicted octanol–water partition coefficient (Wildman–Crippen LogP) is 3.73. The van der Waals surface area contributed by atoms with Crippen molar-refractivity contribution in [1.82, 2.24) is 5.32 Å². The van der Waals surface area contributed by atoms with Crippen LogP contribution in [-0.4, -0.2) is 29.4 Å². The van der Waals surface area contributed by atoms with Gasteiger partial charge >= 0.3 is 0 Å². The fourth-order valence-corrected chi connectivity index (χ4v) is 3.71. The Labute approximate surface area is 135 Å². The van der Waals surface area contributed by atoms with Crippen molar-refractivity contribution < 1.29 is 9.90 Å². The zero-order valence-corrected chi connectivity index (χ0v) is 14.1. The predicted molar refractivity (Wildman–Crippen MR) is 88.1 cm³/mol. The summed E-state index contributed by atoms with van der Waals surface area (Å²) >= 11 is 7.72. The van der Waals surface area contributed by atoms with Crippen molar-refractivity contribution in [2.24, 2.45) is 5.92 Å². The lowest BCUT2D eigenvalue weighted by molar-refractivity contribution is 0.0697. The smallest absolute Gasteiger partial charge is 0.253 e. The number of amides is 1. The van der Waals surface area contributed by atoms with Crippen molar-refractivity contribution in [3.05, 3.63) is 28.8 Å². The van der Waals surface area contributed by atoms with Gasteiger partial charge in [0.05, 0.1) is 22.7 Å². The maximum atomic E-state index is 12.6. The van der Waals surface area contributed by atoms with Gasteiger partial charge in [0.2, 0.25) is 0 Å². The van der Waals surface area contributed by atoms with E-state index in [1.807, 2.05) is 12.3 Å². The van der Waals surface area contributed by atoms with Crippen LogP contribution in [0.1, 0.15) is 43.0 Å². The van der Waals surface area contributed by atoms with Gasteiger partial charge in [-0.1, -0.05) is 31.4 Å². The van der Waals surface area contributed by atoms with Crippen LogP contribution in [0.15, 0.2) is 23.1 Å². The molecule has 1 saturated carbocycles. The lowest BCUT2D eigenvalue weighted by Crippen LogP contribution is -2.53. The molecule has 21 heavy (non-hydrogen) atoms. The van der Waals surface area contributed by atoms with Crippen LogP contribution in [0.3, 0.4) is 0 Å². The second kappa shape index (κ2) is 7.03. The standard InChI is InChI=1S/C16H22ClNO2S/c1-11-4-3-7-16(9-11,10-19)18-15(20)13-8-12(21-2)5-6-14(13)17/h5-6,8,11,19H,3-4,7,9-10H2,1-2H3,(H,18,20). The third-order valence-electron chi connectivity index (χ3n) is 4.19. The van der Waals surface area contributed by atoms with E-state index < -0.39 is 5.54 Å². The molecule has 5 heteroatoms. The molecular formula is C16H22ClNO2S. The Balaban J connectivity index is 2.20. The summed E-state index contributed by atoms with van der Waals surface area (Å²) in [5.41, 5.74) is -0.0254. The van der Waals surface area contributed by atoms with Gasteiger partial charge in [-0.15, -0.1) is 11.8 Å². The Morgan fingerprint density at radius 1 is 1.57 bits per heavy atom. The summed E-state index contributed by atoms with van der Waals surface area (Å²) in [6, 6.07) is 5.45. The van der Waals surface area contributed by atoms with Crippen LogP contribution in [0, 0.1) is 5.92 Å². The third kappa shape index (κ3) is 3.93. The van der Waals surface area contributed by atoms with E-state index in [9.17, 15) is 9.90 Å². The first-order valence-corrected chi connectivity index (χ1v) is 8.87. The SMILES string of the molecule is CSc1ccc(Cl)c(C(=O)NC2(CO)CCCC(C)C2)c1. The molecule has 1 aliphatic carbocycles. The summed E-state index contributed by atoms with van der Waals surface area (Å²) in [4.78, 5) is 13.6. The summed E-state index contributed by atoms with van der Waals surface area (Å²) in [6.45, 7) is 2.14. The number of benzene rings is 1. The van der Waals surface area contributed by atoms with E-state index >= 15 is 0 Å². The van der Waals surface area contributed by atoms with Crippen molar-refractivity contribution in [1.29, 1.82) is 0 Å². The molecule has 1 aromatic rings. The van der Waals surface area contributed by atoms with E-state index in [1.54, 1.807) is 23.9 Å². The largest absolute Gasteiger partial charge is 0.394 e. The summed E-state index contributed by atoms with van der Waals surface area (Å²) in [5.74, 6) is 0.318. The quantitative estimate of drug-likeness (QED) is 0.828. The first-order chi connectivity index (χ1) is 9.99. The van der Waals surface area contributed by atoms with Gasteiger partial charge in [-0.2, -0.15) is 0 Å². The molecule has 2 atom stereocenters. The minimum Gasteiger partial charge on any atom is -0.394 e. The van der Waals surface area contributed by atoms with E-state index in [0.29, 0.717) is 16.5 Å². The fraction of sp³-hybridized carbons (Fsp3) is 0.562. The Morgan fingerprint density at radius 3 is 2.95 bits per heavy atom. The van der Waals surface area contributed by atoms with E-state index in [0.717, 1.165) is 30.6 Å². The molecule has 0 heterocycles. The van der Waals surface area contributed by atoms with Gasteiger partial charge < -0.3 is 10.4 Å². The number of hydrogen-bond acceptors (Lipinski definition) is 3. The maximum Gasteiger partial charge on any atom is 0.253 e. The molecule has 0 aliphatic heterocycles. The van der Waals surface area contributed by atoms with Crippen LogP contribution in [0.4, 0.5) is 0 Å². The molecular weight excluding hydrogens is 306 g/mol. The maximum absolute atomic E-state index is 12.6. The number of aliphatic hydroxyl groups is 1. The zero-order chi connectivity index (χ0) is 15.5. The molecule has 1 aliphatic rings. The Morgan fingerprint density at radius 2 is 2.33 bits per heavy atom. The molecule has 0 aromatic heterocycles. The number of rotatable bonds is 4. The van der Waals surface area contributed by atoms with Crippen LogP contribution in [0.25, 0.3) is 0 Å². The Kier molecular flexibility index (Phi) is 5.58. The number of carbonyl (C=O) groups excluding carboxylic acids is 1. The van der Waals surface area contributed by atoms with Crippen LogP contribution >= 0.6 is 23.4 Å². The lowest BCUT2D eigenvalue weighted by atomic mass is 9.76. The zero-order valence-electron chi connectivity index (χ0n) is 12.5. The molecule has 0 spiro atoms. The summed E-state index contributed by atoms with van der Waals surface area (Å²) in [6.07, 6.45) is 5.78. The fourth-order valence-electron chi connectivity index (χ4n) is 3.07. The van der Waals surface area contributed by atoms with Gasteiger partial charge in [-0.3, -0.25) is 4.79 Å². The van der Waals surface area contributed by atoms with Gasteiger partial charge in [0, 0.05) is 4.90 Å². The highest BCUT2D eigenvalue weighted by molar-refractivity contribution is 7.98. The molecule has 2 unspecified atom stereocenters. The normalized spacial score (nSPS) is 25.6. The van der Waals surface area contributed by atoms with E-state index in [2.05, 4.69) is 12.2 Å². The van der Waals surface area contributed by atoms with Crippen molar-refractivity contribution in [2.45, 2.75) is 43.0 Å². The van der Waals surface area contributed by atoms with Gasteiger partial charge in [0.1, 0.15) is 0 Å². The topological polar surface area (TPSA) is 49.3 Å². The average molecular weight is 328 g/mol. The number of nitrogens with one attached hydrogen (secondary N) is 1. The molecule has 116 valence electrons. The Bertz CT molecular complexity index is 523. The lowest BCUT2D eigenvalue weighted by Gasteiger charge is -2.39. The van der Waals surface area contributed by atoms with Crippen LogP contribution < -0.4 is 5.32 Å². The summed E-state index contributed by atoms with van der Waals surface area (Å²) < 4.78 is 0. The van der Waals surface area contributed by atoms with Crippen LogP contribution in [0.5, 0.6) is 0 Å². The van der Waals surface area contributed by atoms with Gasteiger partial charge in [-0.25, -0.2) is 0 Å².